The van der Waals surface area contributed by atoms with E-state index >= 15 is 0 Å². The highest BCUT2D eigenvalue weighted by atomic mass is 16.6. The van der Waals surface area contributed by atoms with Crippen molar-refractivity contribution in [2.24, 2.45) is 11.8 Å². The summed E-state index contributed by atoms with van der Waals surface area (Å²) in [5.41, 5.74) is 0. The first-order chi connectivity index (χ1) is 7.25. The lowest BCUT2D eigenvalue weighted by atomic mass is 9.85. The van der Waals surface area contributed by atoms with Crippen LogP contribution < -0.4 is 5.84 Å². The first-order valence-corrected chi connectivity index (χ1v) is 5.98. The second-order valence-electron chi connectivity index (χ2n) is 4.74. The zero-order valence-electron chi connectivity index (χ0n) is 9.15. The third-order valence-electron chi connectivity index (χ3n) is 3.48. The molecular weight excluding hydrogens is 192 g/mol. The molecule has 2 rings (SSSR count). The summed E-state index contributed by atoms with van der Waals surface area (Å²) >= 11 is 0. The lowest BCUT2D eigenvalue weighted by Crippen LogP contribution is -2.43. The molecule has 0 bridgehead atoms. The number of ether oxygens (including phenoxy) is 1. The average Bonchev–Trinajstić information content (AvgIpc) is 2.63. The standard InChI is InChI=1S/C11H20N2O2/c12-13(8-9-4-3-5-9)11(14)15-10-6-1-2-7-10/h9-10H,1-8,12H2. The van der Waals surface area contributed by atoms with Gasteiger partial charge in [-0.05, 0) is 44.4 Å². The second-order valence-corrected chi connectivity index (χ2v) is 4.74. The van der Waals surface area contributed by atoms with Gasteiger partial charge in [0.25, 0.3) is 0 Å². The maximum atomic E-state index is 11.6. The molecule has 0 aliphatic heterocycles. The Bertz CT molecular complexity index is 223. The van der Waals surface area contributed by atoms with E-state index in [1.807, 2.05) is 0 Å². The normalized spacial score (nSPS) is 22.5. The molecule has 4 heteroatoms. The first kappa shape index (κ1) is 10.7. The van der Waals surface area contributed by atoms with Crippen LogP contribution in [0.15, 0.2) is 0 Å². The molecule has 86 valence electrons. The summed E-state index contributed by atoms with van der Waals surface area (Å²) in [5.74, 6) is 6.27. The van der Waals surface area contributed by atoms with Gasteiger partial charge in [0.15, 0.2) is 0 Å². The molecule has 0 spiro atoms. The third-order valence-corrected chi connectivity index (χ3v) is 3.48. The number of hydrogen-bond donors (Lipinski definition) is 1. The van der Waals surface area contributed by atoms with Crippen LogP contribution in [0.1, 0.15) is 44.9 Å². The third kappa shape index (κ3) is 2.84. The lowest BCUT2D eigenvalue weighted by Gasteiger charge is -2.29. The number of hydrazine groups is 1. The number of rotatable bonds is 3. The van der Waals surface area contributed by atoms with Crippen molar-refractivity contribution in [1.82, 2.24) is 5.01 Å². The van der Waals surface area contributed by atoms with Crippen molar-refractivity contribution >= 4 is 6.09 Å². The molecule has 0 radical (unpaired) electrons. The molecule has 0 aromatic carbocycles. The van der Waals surface area contributed by atoms with Gasteiger partial charge in [-0.15, -0.1) is 0 Å². The largest absolute Gasteiger partial charge is 0.445 e. The van der Waals surface area contributed by atoms with E-state index in [0.717, 1.165) is 12.8 Å². The van der Waals surface area contributed by atoms with Crippen molar-refractivity contribution in [3.05, 3.63) is 0 Å². The summed E-state index contributed by atoms with van der Waals surface area (Å²) in [6, 6.07) is 0. The van der Waals surface area contributed by atoms with E-state index in [2.05, 4.69) is 0 Å². The predicted octanol–water partition coefficient (Wildman–Crippen LogP) is 2.04. The van der Waals surface area contributed by atoms with Gasteiger partial charge in [-0.3, -0.25) is 0 Å². The van der Waals surface area contributed by atoms with Crippen molar-refractivity contribution in [2.75, 3.05) is 6.54 Å². The van der Waals surface area contributed by atoms with E-state index < -0.39 is 0 Å². The smallest absolute Gasteiger partial charge is 0.424 e. The monoisotopic (exact) mass is 212 g/mol. The zero-order valence-corrected chi connectivity index (χ0v) is 9.15. The van der Waals surface area contributed by atoms with Crippen LogP contribution in [0.25, 0.3) is 0 Å². The summed E-state index contributed by atoms with van der Waals surface area (Å²) in [6.45, 7) is 0.658. The zero-order chi connectivity index (χ0) is 10.7. The molecule has 0 aromatic rings. The second kappa shape index (κ2) is 4.84. The van der Waals surface area contributed by atoms with E-state index in [9.17, 15) is 4.79 Å². The van der Waals surface area contributed by atoms with E-state index in [1.165, 1.54) is 37.1 Å². The molecule has 15 heavy (non-hydrogen) atoms. The summed E-state index contributed by atoms with van der Waals surface area (Å²) in [5, 5.41) is 1.25. The molecule has 2 aliphatic carbocycles. The van der Waals surface area contributed by atoms with Crippen molar-refractivity contribution < 1.29 is 9.53 Å². The minimum absolute atomic E-state index is 0.116. The van der Waals surface area contributed by atoms with Gasteiger partial charge in [0.2, 0.25) is 0 Å². The van der Waals surface area contributed by atoms with E-state index in [-0.39, 0.29) is 12.2 Å². The van der Waals surface area contributed by atoms with Gasteiger partial charge >= 0.3 is 6.09 Å². The Morgan fingerprint density at radius 2 is 1.87 bits per heavy atom. The highest BCUT2D eigenvalue weighted by molar-refractivity contribution is 5.67. The van der Waals surface area contributed by atoms with Gasteiger partial charge in [0.05, 0.1) is 0 Å². The molecule has 2 saturated carbocycles. The lowest BCUT2D eigenvalue weighted by molar-refractivity contribution is 0.0561. The molecule has 0 unspecified atom stereocenters. The summed E-state index contributed by atoms with van der Waals surface area (Å²) < 4.78 is 5.30. The van der Waals surface area contributed by atoms with E-state index in [4.69, 9.17) is 10.6 Å². The van der Waals surface area contributed by atoms with Gasteiger partial charge < -0.3 is 4.74 Å². The van der Waals surface area contributed by atoms with Crippen LogP contribution in [0.5, 0.6) is 0 Å². The van der Waals surface area contributed by atoms with Crippen LogP contribution in [0.3, 0.4) is 0 Å². The minimum atomic E-state index is -0.339. The number of carbonyl (C=O) groups is 1. The maximum absolute atomic E-state index is 11.6. The molecular formula is C11H20N2O2. The Hall–Kier alpha value is -0.770. The van der Waals surface area contributed by atoms with Crippen LogP contribution in [0, 0.1) is 5.92 Å². The van der Waals surface area contributed by atoms with Crippen molar-refractivity contribution in [1.29, 1.82) is 0 Å². The molecule has 0 atom stereocenters. The van der Waals surface area contributed by atoms with Gasteiger partial charge in [-0.1, -0.05) is 6.42 Å². The Morgan fingerprint density at radius 1 is 1.20 bits per heavy atom. The van der Waals surface area contributed by atoms with Gasteiger partial charge in [0, 0.05) is 6.54 Å². The Kier molecular flexibility index (Phi) is 3.46. The molecule has 2 N–H and O–H groups in total. The Labute approximate surface area is 90.7 Å². The topological polar surface area (TPSA) is 55.6 Å². The highest BCUT2D eigenvalue weighted by Crippen LogP contribution is 2.27. The molecule has 4 nitrogen and oxygen atoms in total. The molecule has 2 aliphatic rings. The number of amides is 1. The highest BCUT2D eigenvalue weighted by Gasteiger charge is 2.25. The number of hydrogen-bond acceptors (Lipinski definition) is 3. The van der Waals surface area contributed by atoms with Crippen LogP contribution in [0.2, 0.25) is 0 Å². The van der Waals surface area contributed by atoms with Crippen molar-refractivity contribution in [3.63, 3.8) is 0 Å². The molecule has 0 aromatic heterocycles. The fraction of sp³-hybridized carbons (Fsp3) is 0.909. The Balaban J connectivity index is 1.68. The minimum Gasteiger partial charge on any atom is -0.445 e. The quantitative estimate of drug-likeness (QED) is 0.442. The number of nitrogens with two attached hydrogens (primary N) is 1. The molecule has 0 heterocycles. The first-order valence-electron chi connectivity index (χ1n) is 5.98. The molecule has 0 saturated heterocycles. The summed E-state index contributed by atoms with van der Waals surface area (Å²) in [6.07, 6.45) is 7.80. The van der Waals surface area contributed by atoms with Gasteiger partial charge in [0.1, 0.15) is 6.10 Å². The molecule has 2 fully saturated rings. The van der Waals surface area contributed by atoms with Crippen LogP contribution in [-0.4, -0.2) is 23.8 Å². The predicted molar refractivity (Wildman–Crippen MR) is 57.0 cm³/mol. The number of nitrogens with zero attached hydrogens (tertiary/aromatic N) is 1. The summed E-state index contributed by atoms with van der Waals surface area (Å²) in [7, 11) is 0. The van der Waals surface area contributed by atoms with Crippen molar-refractivity contribution in [2.45, 2.75) is 51.0 Å². The van der Waals surface area contributed by atoms with Gasteiger partial charge in [-0.2, -0.15) is 0 Å². The SMILES string of the molecule is NN(CC1CCC1)C(=O)OC1CCCC1. The Morgan fingerprint density at radius 3 is 2.40 bits per heavy atom. The van der Waals surface area contributed by atoms with Crippen LogP contribution >= 0.6 is 0 Å². The fourth-order valence-electron chi connectivity index (χ4n) is 2.24. The van der Waals surface area contributed by atoms with Crippen LogP contribution in [0.4, 0.5) is 4.79 Å². The van der Waals surface area contributed by atoms with E-state index in [1.54, 1.807) is 0 Å². The van der Waals surface area contributed by atoms with Crippen molar-refractivity contribution in [3.8, 4) is 0 Å². The van der Waals surface area contributed by atoms with E-state index in [0.29, 0.717) is 12.5 Å². The maximum Gasteiger partial charge on any atom is 0.424 e. The number of carbonyl (C=O) groups excluding carboxylic acids is 1. The van der Waals surface area contributed by atoms with Gasteiger partial charge in [-0.25, -0.2) is 15.6 Å². The summed E-state index contributed by atoms with van der Waals surface area (Å²) in [4.78, 5) is 11.6. The average molecular weight is 212 g/mol. The molecule has 1 amide bonds. The van der Waals surface area contributed by atoms with Crippen LogP contribution in [-0.2, 0) is 4.74 Å². The fourth-order valence-corrected chi connectivity index (χ4v) is 2.24.